The number of amides is 1. The average molecular weight is 442 g/mol. The molecular weight excluding hydrogens is 414 g/mol. The maximum atomic E-state index is 12.1. The van der Waals surface area contributed by atoms with E-state index in [1.807, 2.05) is 50.2 Å². The second kappa shape index (κ2) is 9.66. The molecule has 0 radical (unpaired) electrons. The van der Waals surface area contributed by atoms with Gasteiger partial charge in [0.1, 0.15) is 17.3 Å². The van der Waals surface area contributed by atoms with Gasteiger partial charge in [0.25, 0.3) is 0 Å². The molecule has 0 saturated carbocycles. The summed E-state index contributed by atoms with van der Waals surface area (Å²) in [6.45, 7) is 7.65. The van der Waals surface area contributed by atoms with Crippen molar-refractivity contribution in [3.8, 4) is 11.3 Å². The summed E-state index contributed by atoms with van der Waals surface area (Å²) in [6.07, 6.45) is 1.64. The highest BCUT2D eigenvalue weighted by Gasteiger charge is 2.20. The van der Waals surface area contributed by atoms with Crippen LogP contribution in [0.25, 0.3) is 11.3 Å². The van der Waals surface area contributed by atoms with Crippen molar-refractivity contribution < 1.29 is 9.21 Å². The van der Waals surface area contributed by atoms with Crippen molar-refractivity contribution in [2.24, 2.45) is 5.92 Å². The molecule has 4 rings (SSSR count). The van der Waals surface area contributed by atoms with E-state index in [4.69, 9.17) is 16.0 Å². The lowest BCUT2D eigenvalue weighted by molar-refractivity contribution is -0.124. The molecule has 31 heavy (non-hydrogen) atoms. The first-order chi connectivity index (χ1) is 15.0. The fourth-order valence-corrected chi connectivity index (χ4v) is 3.82. The molecule has 1 amide bonds. The molecule has 0 saturated heterocycles. The summed E-state index contributed by atoms with van der Waals surface area (Å²) in [6, 6.07) is 11.7. The number of hydrogen-bond donors (Lipinski definition) is 1. The third-order valence-electron chi connectivity index (χ3n) is 5.85. The molecule has 1 aliphatic rings. The number of fused-ring (bicyclic) bond motifs is 1. The molecule has 8 heteroatoms. The van der Waals surface area contributed by atoms with E-state index in [1.54, 1.807) is 0 Å². The van der Waals surface area contributed by atoms with Crippen LogP contribution in [0, 0.1) is 5.92 Å². The van der Waals surface area contributed by atoms with Gasteiger partial charge >= 0.3 is 0 Å². The maximum absolute atomic E-state index is 12.1. The predicted octanol–water partition coefficient (Wildman–Crippen LogP) is 3.91. The Morgan fingerprint density at radius 3 is 2.74 bits per heavy atom. The van der Waals surface area contributed by atoms with Gasteiger partial charge in [-0.25, -0.2) is 0 Å². The number of furan rings is 1. The zero-order valence-corrected chi connectivity index (χ0v) is 18.7. The fraction of sp³-hybridized carbons (Fsp3) is 0.435. The predicted molar refractivity (Wildman–Crippen MR) is 119 cm³/mol. The monoisotopic (exact) mass is 441 g/mol. The van der Waals surface area contributed by atoms with Crippen LogP contribution in [-0.2, 0) is 30.8 Å². The molecule has 164 valence electrons. The van der Waals surface area contributed by atoms with Crippen LogP contribution in [0.2, 0.25) is 5.02 Å². The Labute approximate surface area is 187 Å². The van der Waals surface area contributed by atoms with E-state index < -0.39 is 0 Å². The standard InChI is InChI=1S/C23H28ClN5O2/c1-3-16(2)23(30)25-14-22-27-26-21-10-11-28(12-13-29(21)22)15-19-8-9-20(31-19)17-4-6-18(24)7-5-17/h4-9,16H,3,10-15H2,1-2H3,(H,25,30). The summed E-state index contributed by atoms with van der Waals surface area (Å²) in [5.41, 5.74) is 1.02. The van der Waals surface area contributed by atoms with E-state index in [0.29, 0.717) is 11.6 Å². The van der Waals surface area contributed by atoms with Crippen LogP contribution in [0.4, 0.5) is 0 Å². The number of aromatic nitrogens is 3. The highest BCUT2D eigenvalue weighted by atomic mass is 35.5. The number of rotatable bonds is 7. The Morgan fingerprint density at radius 2 is 1.97 bits per heavy atom. The van der Waals surface area contributed by atoms with Gasteiger partial charge in [-0.1, -0.05) is 25.4 Å². The molecule has 1 N–H and O–H groups in total. The Kier molecular flexibility index (Phi) is 6.73. The molecule has 1 atom stereocenters. The normalized spacial score (nSPS) is 15.3. The lowest BCUT2D eigenvalue weighted by Crippen LogP contribution is -2.30. The topological polar surface area (TPSA) is 76.2 Å². The van der Waals surface area contributed by atoms with Gasteiger partial charge in [0.15, 0.2) is 5.82 Å². The van der Waals surface area contributed by atoms with Crippen LogP contribution in [-0.4, -0.2) is 38.7 Å². The Hall–Kier alpha value is -2.64. The van der Waals surface area contributed by atoms with E-state index >= 15 is 0 Å². The number of carbonyl (C=O) groups excluding carboxylic acids is 1. The van der Waals surface area contributed by atoms with E-state index in [2.05, 4.69) is 25.0 Å². The van der Waals surface area contributed by atoms with Gasteiger partial charge in [0.2, 0.25) is 5.91 Å². The zero-order chi connectivity index (χ0) is 21.8. The fourth-order valence-electron chi connectivity index (χ4n) is 3.69. The molecule has 3 aromatic rings. The molecule has 7 nitrogen and oxygen atoms in total. The summed E-state index contributed by atoms with van der Waals surface area (Å²) in [5.74, 6) is 3.63. The lowest BCUT2D eigenvalue weighted by Gasteiger charge is -2.18. The molecule has 1 aliphatic heterocycles. The Balaban J connectivity index is 1.35. The van der Waals surface area contributed by atoms with Gasteiger partial charge in [-0.05, 0) is 42.8 Å². The molecule has 1 unspecified atom stereocenters. The highest BCUT2D eigenvalue weighted by Crippen LogP contribution is 2.24. The minimum Gasteiger partial charge on any atom is -0.460 e. The van der Waals surface area contributed by atoms with Crippen LogP contribution >= 0.6 is 11.6 Å². The SMILES string of the molecule is CCC(C)C(=O)NCc1nnc2n1CCN(Cc1ccc(-c3ccc(Cl)cc3)o1)CC2. The van der Waals surface area contributed by atoms with Gasteiger partial charge in [-0.2, -0.15) is 0 Å². The van der Waals surface area contributed by atoms with Crippen molar-refractivity contribution in [2.75, 3.05) is 13.1 Å². The second-order valence-corrected chi connectivity index (χ2v) is 8.45. The smallest absolute Gasteiger partial charge is 0.223 e. The molecule has 0 aliphatic carbocycles. The van der Waals surface area contributed by atoms with E-state index in [-0.39, 0.29) is 11.8 Å². The van der Waals surface area contributed by atoms with Gasteiger partial charge in [0.05, 0.1) is 13.1 Å². The second-order valence-electron chi connectivity index (χ2n) is 8.01. The molecule has 1 aromatic carbocycles. The molecule has 2 aromatic heterocycles. The number of halogens is 1. The van der Waals surface area contributed by atoms with Crippen molar-refractivity contribution in [3.63, 3.8) is 0 Å². The van der Waals surface area contributed by atoms with Gasteiger partial charge in [0, 0.05) is 42.6 Å². The lowest BCUT2D eigenvalue weighted by atomic mass is 10.1. The first-order valence-corrected chi connectivity index (χ1v) is 11.2. The van der Waals surface area contributed by atoms with Crippen LogP contribution in [0.3, 0.4) is 0 Å². The number of nitrogens with one attached hydrogen (secondary N) is 1. The summed E-state index contributed by atoms with van der Waals surface area (Å²) in [7, 11) is 0. The maximum Gasteiger partial charge on any atom is 0.223 e. The first-order valence-electron chi connectivity index (χ1n) is 10.8. The largest absolute Gasteiger partial charge is 0.460 e. The van der Waals surface area contributed by atoms with Crippen molar-refractivity contribution in [1.82, 2.24) is 25.0 Å². The summed E-state index contributed by atoms with van der Waals surface area (Å²) in [4.78, 5) is 14.4. The van der Waals surface area contributed by atoms with E-state index in [0.717, 1.165) is 67.8 Å². The average Bonchev–Trinajstić information content (AvgIpc) is 3.35. The molecule has 0 fully saturated rings. The number of hydrogen-bond acceptors (Lipinski definition) is 5. The minimum absolute atomic E-state index is 0.00748. The number of benzene rings is 1. The quantitative estimate of drug-likeness (QED) is 0.601. The van der Waals surface area contributed by atoms with Crippen LogP contribution in [0.5, 0.6) is 0 Å². The summed E-state index contributed by atoms with van der Waals surface area (Å²) < 4.78 is 8.20. The number of nitrogens with zero attached hydrogens (tertiary/aromatic N) is 4. The number of carbonyl (C=O) groups is 1. The zero-order valence-electron chi connectivity index (χ0n) is 18.0. The Morgan fingerprint density at radius 1 is 1.16 bits per heavy atom. The van der Waals surface area contributed by atoms with Gasteiger partial charge in [-0.3, -0.25) is 9.69 Å². The van der Waals surface area contributed by atoms with Crippen LogP contribution < -0.4 is 5.32 Å². The third kappa shape index (κ3) is 5.17. The van der Waals surface area contributed by atoms with Gasteiger partial charge < -0.3 is 14.3 Å². The molecule has 0 spiro atoms. The van der Waals surface area contributed by atoms with E-state index in [1.165, 1.54) is 0 Å². The van der Waals surface area contributed by atoms with Crippen LogP contribution in [0.15, 0.2) is 40.8 Å². The summed E-state index contributed by atoms with van der Waals surface area (Å²) in [5, 5.41) is 12.3. The highest BCUT2D eigenvalue weighted by molar-refractivity contribution is 6.30. The summed E-state index contributed by atoms with van der Waals surface area (Å²) >= 11 is 5.97. The molecule has 0 bridgehead atoms. The van der Waals surface area contributed by atoms with Crippen molar-refractivity contribution in [3.05, 3.63) is 58.8 Å². The molecular formula is C23H28ClN5O2. The van der Waals surface area contributed by atoms with Gasteiger partial charge in [-0.15, -0.1) is 10.2 Å². The van der Waals surface area contributed by atoms with Crippen molar-refractivity contribution >= 4 is 17.5 Å². The molecule has 3 heterocycles. The Bertz CT molecular complexity index is 1030. The van der Waals surface area contributed by atoms with E-state index in [9.17, 15) is 4.79 Å². The van der Waals surface area contributed by atoms with Crippen molar-refractivity contribution in [2.45, 2.75) is 46.3 Å². The minimum atomic E-state index is 0.00748. The third-order valence-corrected chi connectivity index (χ3v) is 6.10. The van der Waals surface area contributed by atoms with Crippen molar-refractivity contribution in [1.29, 1.82) is 0 Å². The van der Waals surface area contributed by atoms with Crippen LogP contribution in [0.1, 0.15) is 37.7 Å². The first kappa shape index (κ1) is 21.6.